The molecule has 0 radical (unpaired) electrons. The van der Waals surface area contributed by atoms with Gasteiger partial charge in [-0.1, -0.05) is 26.2 Å². The van der Waals surface area contributed by atoms with Crippen molar-refractivity contribution in [1.82, 2.24) is 14.7 Å². The average molecular weight is 402 g/mol. The summed E-state index contributed by atoms with van der Waals surface area (Å²) in [5.41, 5.74) is 0.835. The van der Waals surface area contributed by atoms with Gasteiger partial charge in [0.1, 0.15) is 5.75 Å². The molecule has 0 aromatic heterocycles. The van der Waals surface area contributed by atoms with Crippen LogP contribution in [0.2, 0.25) is 0 Å². The van der Waals surface area contributed by atoms with Crippen molar-refractivity contribution in [2.45, 2.75) is 44.2 Å². The third-order valence-corrected chi connectivity index (χ3v) is 6.74. The van der Waals surface area contributed by atoms with Crippen LogP contribution in [0.4, 0.5) is 0 Å². The third kappa shape index (κ3) is 4.30. The van der Waals surface area contributed by atoms with Gasteiger partial charge >= 0.3 is 0 Å². The summed E-state index contributed by atoms with van der Waals surface area (Å²) in [4.78, 5) is 20.5. The van der Waals surface area contributed by atoms with Crippen LogP contribution < -0.4 is 4.74 Å². The SMILES string of the molecule is CCCCCCN1CC2(C1)CN(C(=O)c1ccc(OC)cc1)C[C@@H]1COCCN12. The van der Waals surface area contributed by atoms with Crippen LogP contribution in [0.25, 0.3) is 0 Å². The number of amides is 1. The third-order valence-electron chi connectivity index (χ3n) is 6.74. The summed E-state index contributed by atoms with van der Waals surface area (Å²) in [6, 6.07) is 7.79. The largest absolute Gasteiger partial charge is 0.497 e. The minimum Gasteiger partial charge on any atom is -0.497 e. The smallest absolute Gasteiger partial charge is 0.253 e. The summed E-state index contributed by atoms with van der Waals surface area (Å²) >= 11 is 0. The second kappa shape index (κ2) is 9.02. The summed E-state index contributed by atoms with van der Waals surface area (Å²) in [7, 11) is 1.65. The lowest BCUT2D eigenvalue weighted by molar-refractivity contribution is -0.158. The van der Waals surface area contributed by atoms with Gasteiger partial charge in [0.15, 0.2) is 0 Å². The maximum Gasteiger partial charge on any atom is 0.253 e. The quantitative estimate of drug-likeness (QED) is 0.657. The van der Waals surface area contributed by atoms with Gasteiger partial charge in [-0.15, -0.1) is 0 Å². The highest BCUT2D eigenvalue weighted by molar-refractivity contribution is 5.94. The van der Waals surface area contributed by atoms with Gasteiger partial charge in [-0.2, -0.15) is 0 Å². The van der Waals surface area contributed by atoms with Gasteiger partial charge in [-0.3, -0.25) is 14.6 Å². The summed E-state index contributed by atoms with van der Waals surface area (Å²) in [6.45, 7) is 9.68. The molecule has 0 unspecified atom stereocenters. The molecule has 6 nitrogen and oxygen atoms in total. The lowest BCUT2D eigenvalue weighted by atomic mass is 9.82. The molecule has 1 amide bonds. The number of unbranched alkanes of at least 4 members (excludes halogenated alkanes) is 3. The first-order valence-electron chi connectivity index (χ1n) is 11.2. The van der Waals surface area contributed by atoms with E-state index in [1.165, 1.54) is 32.2 Å². The van der Waals surface area contributed by atoms with Crippen molar-refractivity contribution in [1.29, 1.82) is 0 Å². The van der Waals surface area contributed by atoms with E-state index in [4.69, 9.17) is 9.47 Å². The van der Waals surface area contributed by atoms with Crippen LogP contribution in [0, 0.1) is 0 Å². The number of rotatable bonds is 7. The Hall–Kier alpha value is -1.63. The minimum atomic E-state index is 0.0968. The fourth-order valence-electron chi connectivity index (χ4n) is 5.25. The number of piperazine rings is 1. The Morgan fingerprint density at radius 2 is 1.97 bits per heavy atom. The van der Waals surface area contributed by atoms with Gasteiger partial charge in [-0.05, 0) is 37.2 Å². The number of morpholine rings is 1. The highest BCUT2D eigenvalue weighted by atomic mass is 16.5. The summed E-state index contributed by atoms with van der Waals surface area (Å²) in [6.07, 6.45) is 5.21. The molecular formula is C23H35N3O3. The van der Waals surface area contributed by atoms with Crippen molar-refractivity contribution >= 4 is 5.91 Å². The molecule has 0 aliphatic carbocycles. The lowest BCUT2D eigenvalue weighted by Gasteiger charge is -2.63. The number of likely N-dealkylation sites (tertiary alicyclic amines) is 1. The van der Waals surface area contributed by atoms with Crippen LogP contribution in [0.1, 0.15) is 43.0 Å². The van der Waals surface area contributed by atoms with Crippen LogP contribution in [-0.4, -0.2) is 91.8 Å². The molecule has 0 N–H and O–H groups in total. The molecule has 3 aliphatic rings. The highest BCUT2D eigenvalue weighted by Crippen LogP contribution is 2.36. The van der Waals surface area contributed by atoms with E-state index in [9.17, 15) is 4.79 Å². The molecule has 0 saturated carbocycles. The minimum absolute atomic E-state index is 0.0968. The Kier molecular flexibility index (Phi) is 6.42. The number of ether oxygens (including phenoxy) is 2. The number of hydrogen-bond donors (Lipinski definition) is 0. The molecule has 0 bridgehead atoms. The normalized spacial score (nSPS) is 24.2. The molecule has 3 heterocycles. The number of hydrogen-bond acceptors (Lipinski definition) is 5. The zero-order valence-electron chi connectivity index (χ0n) is 17.9. The fourth-order valence-corrected chi connectivity index (χ4v) is 5.25. The Labute approximate surface area is 174 Å². The van der Waals surface area contributed by atoms with Crippen LogP contribution in [-0.2, 0) is 4.74 Å². The topological polar surface area (TPSA) is 45.3 Å². The first-order valence-corrected chi connectivity index (χ1v) is 11.2. The van der Waals surface area contributed by atoms with Crippen molar-refractivity contribution in [3.05, 3.63) is 29.8 Å². The van der Waals surface area contributed by atoms with E-state index in [-0.39, 0.29) is 11.4 Å². The zero-order chi connectivity index (χ0) is 20.3. The second-order valence-electron chi connectivity index (χ2n) is 8.83. The molecule has 1 aromatic carbocycles. The van der Waals surface area contributed by atoms with E-state index in [0.29, 0.717) is 6.04 Å². The van der Waals surface area contributed by atoms with Crippen molar-refractivity contribution in [3.8, 4) is 5.75 Å². The van der Waals surface area contributed by atoms with E-state index >= 15 is 0 Å². The van der Waals surface area contributed by atoms with Crippen molar-refractivity contribution in [2.75, 3.05) is 59.6 Å². The number of benzene rings is 1. The predicted molar refractivity (Wildman–Crippen MR) is 114 cm³/mol. The number of carbonyl (C=O) groups excluding carboxylic acids is 1. The van der Waals surface area contributed by atoms with Gasteiger partial charge in [0.2, 0.25) is 0 Å². The molecule has 3 fully saturated rings. The fraction of sp³-hybridized carbons (Fsp3) is 0.696. The van der Waals surface area contributed by atoms with Gasteiger partial charge in [0.05, 0.1) is 31.9 Å². The standard InChI is InChI=1S/C23H35N3O3/c1-3-4-5-6-11-24-16-23(17-24)18-25(14-20-15-29-13-12-26(20)23)22(27)19-7-9-21(28-2)10-8-19/h7-10,20H,3-6,11-18H2,1-2H3/t20-/m1/s1. The Morgan fingerprint density at radius 3 is 2.69 bits per heavy atom. The van der Waals surface area contributed by atoms with E-state index < -0.39 is 0 Å². The summed E-state index contributed by atoms with van der Waals surface area (Å²) < 4.78 is 11.0. The van der Waals surface area contributed by atoms with E-state index in [1.54, 1.807) is 7.11 Å². The Morgan fingerprint density at radius 1 is 1.17 bits per heavy atom. The Balaban J connectivity index is 1.43. The van der Waals surface area contributed by atoms with Crippen LogP contribution in [0.5, 0.6) is 5.75 Å². The van der Waals surface area contributed by atoms with Crippen molar-refractivity contribution in [2.24, 2.45) is 0 Å². The molecule has 3 aliphatic heterocycles. The number of methoxy groups -OCH3 is 1. The van der Waals surface area contributed by atoms with Crippen molar-refractivity contribution in [3.63, 3.8) is 0 Å². The lowest BCUT2D eigenvalue weighted by Crippen LogP contribution is -2.80. The molecule has 4 rings (SSSR count). The zero-order valence-corrected chi connectivity index (χ0v) is 17.9. The maximum atomic E-state index is 13.2. The Bertz CT molecular complexity index is 687. The average Bonchev–Trinajstić information content (AvgIpc) is 2.74. The molecule has 1 spiro atoms. The van der Waals surface area contributed by atoms with Gasteiger partial charge in [0.25, 0.3) is 5.91 Å². The molecule has 160 valence electrons. The van der Waals surface area contributed by atoms with Gasteiger partial charge in [0, 0.05) is 38.3 Å². The molecule has 1 aromatic rings. The summed E-state index contributed by atoms with van der Waals surface area (Å²) in [5, 5.41) is 0. The molecule has 6 heteroatoms. The molecule has 3 saturated heterocycles. The van der Waals surface area contributed by atoms with Crippen molar-refractivity contribution < 1.29 is 14.3 Å². The number of carbonyl (C=O) groups is 1. The second-order valence-corrected chi connectivity index (χ2v) is 8.83. The van der Waals surface area contributed by atoms with E-state index in [1.807, 2.05) is 24.3 Å². The van der Waals surface area contributed by atoms with Crippen LogP contribution in [0.15, 0.2) is 24.3 Å². The molecule has 29 heavy (non-hydrogen) atoms. The predicted octanol–water partition coefficient (Wildman–Crippen LogP) is 2.49. The highest BCUT2D eigenvalue weighted by Gasteiger charge is 2.54. The summed E-state index contributed by atoms with van der Waals surface area (Å²) in [5.74, 6) is 0.903. The van der Waals surface area contributed by atoms with E-state index in [2.05, 4.69) is 21.6 Å². The van der Waals surface area contributed by atoms with Crippen LogP contribution >= 0.6 is 0 Å². The van der Waals surface area contributed by atoms with Crippen LogP contribution in [0.3, 0.4) is 0 Å². The first kappa shape index (κ1) is 20.6. The maximum absolute atomic E-state index is 13.2. The monoisotopic (exact) mass is 401 g/mol. The first-order chi connectivity index (χ1) is 14.1. The molecule has 1 atom stereocenters. The van der Waals surface area contributed by atoms with Gasteiger partial charge in [-0.25, -0.2) is 0 Å². The van der Waals surface area contributed by atoms with Gasteiger partial charge < -0.3 is 14.4 Å². The number of fused-ring (bicyclic) bond motifs is 2. The number of nitrogens with zero attached hydrogens (tertiary/aromatic N) is 3. The van der Waals surface area contributed by atoms with E-state index in [0.717, 1.165) is 57.3 Å². The molecular weight excluding hydrogens is 366 g/mol.